The number of carbonyl (C=O) groups excluding carboxylic acids is 1. The van der Waals surface area contributed by atoms with Crippen molar-refractivity contribution in [2.75, 3.05) is 18.4 Å². The van der Waals surface area contributed by atoms with Crippen molar-refractivity contribution in [3.63, 3.8) is 0 Å². The third kappa shape index (κ3) is 3.69. The predicted molar refractivity (Wildman–Crippen MR) is 65.7 cm³/mol. The van der Waals surface area contributed by atoms with E-state index in [2.05, 4.69) is 20.6 Å². The Labute approximate surface area is 101 Å². The molecule has 1 heterocycles. The van der Waals surface area contributed by atoms with Crippen molar-refractivity contribution < 1.29 is 4.79 Å². The van der Waals surface area contributed by atoms with Crippen molar-refractivity contribution in [2.45, 2.75) is 26.7 Å². The summed E-state index contributed by atoms with van der Waals surface area (Å²) >= 11 is 0. The van der Waals surface area contributed by atoms with Gasteiger partial charge in [-0.3, -0.25) is 4.79 Å². The number of nitrogens with zero attached hydrogens (tertiary/aromatic N) is 2. The van der Waals surface area contributed by atoms with Crippen LogP contribution in [-0.2, 0) is 4.79 Å². The number of nitrogens with one attached hydrogen (secondary N) is 2. The van der Waals surface area contributed by atoms with Gasteiger partial charge in [-0.15, -0.1) is 0 Å². The Bertz CT molecular complexity index is 395. The van der Waals surface area contributed by atoms with Gasteiger partial charge in [0.15, 0.2) is 0 Å². The van der Waals surface area contributed by atoms with Crippen molar-refractivity contribution in [2.24, 2.45) is 5.92 Å². The van der Waals surface area contributed by atoms with E-state index in [0.29, 0.717) is 19.0 Å². The number of carbonyl (C=O) groups is 1. The molecule has 0 saturated heterocycles. The maximum Gasteiger partial charge on any atom is 0.223 e. The fourth-order valence-electron chi connectivity index (χ4n) is 1.65. The molecule has 5 nitrogen and oxygen atoms in total. The Morgan fingerprint density at radius 1 is 1.29 bits per heavy atom. The summed E-state index contributed by atoms with van der Waals surface area (Å²) in [6.07, 6.45) is 2.08. The molecule has 1 fully saturated rings. The Balaban J connectivity index is 1.71. The molecule has 0 unspecified atom stereocenters. The topological polar surface area (TPSA) is 66.9 Å². The zero-order chi connectivity index (χ0) is 12.3. The van der Waals surface area contributed by atoms with Crippen LogP contribution >= 0.6 is 0 Å². The van der Waals surface area contributed by atoms with Crippen LogP contribution in [0.15, 0.2) is 6.07 Å². The van der Waals surface area contributed by atoms with E-state index in [-0.39, 0.29) is 11.8 Å². The van der Waals surface area contributed by atoms with Gasteiger partial charge in [-0.25, -0.2) is 9.97 Å². The van der Waals surface area contributed by atoms with Gasteiger partial charge in [0.05, 0.1) is 0 Å². The third-order valence-corrected chi connectivity index (χ3v) is 2.64. The Morgan fingerprint density at radius 2 is 1.94 bits per heavy atom. The standard InChI is InChI=1S/C12H18N4O/c1-8-7-9(2)16-12(15-8)14-6-5-13-11(17)10-3-4-10/h7,10H,3-6H2,1-2H3,(H,13,17)(H,14,15,16). The maximum absolute atomic E-state index is 11.4. The highest BCUT2D eigenvalue weighted by Gasteiger charge is 2.28. The molecular formula is C12H18N4O. The van der Waals surface area contributed by atoms with Gasteiger partial charge in [0.25, 0.3) is 0 Å². The van der Waals surface area contributed by atoms with Crippen LogP contribution < -0.4 is 10.6 Å². The van der Waals surface area contributed by atoms with Crippen LogP contribution in [0.1, 0.15) is 24.2 Å². The number of amides is 1. The minimum Gasteiger partial charge on any atom is -0.354 e. The van der Waals surface area contributed by atoms with Gasteiger partial charge in [-0.05, 0) is 32.8 Å². The molecule has 1 aliphatic carbocycles. The van der Waals surface area contributed by atoms with E-state index >= 15 is 0 Å². The van der Waals surface area contributed by atoms with Crippen LogP contribution in [0.2, 0.25) is 0 Å². The van der Waals surface area contributed by atoms with E-state index < -0.39 is 0 Å². The molecule has 2 N–H and O–H groups in total. The monoisotopic (exact) mass is 234 g/mol. The van der Waals surface area contributed by atoms with Crippen LogP contribution in [0.3, 0.4) is 0 Å². The molecule has 1 aromatic rings. The molecule has 5 heteroatoms. The number of hydrogen-bond acceptors (Lipinski definition) is 4. The molecule has 1 saturated carbocycles. The second kappa shape index (κ2) is 5.12. The molecule has 92 valence electrons. The lowest BCUT2D eigenvalue weighted by molar-refractivity contribution is -0.122. The lowest BCUT2D eigenvalue weighted by atomic mass is 10.3. The Kier molecular flexibility index (Phi) is 3.56. The van der Waals surface area contributed by atoms with Gasteiger partial charge >= 0.3 is 0 Å². The minimum absolute atomic E-state index is 0.174. The molecule has 0 aromatic carbocycles. The SMILES string of the molecule is Cc1cc(C)nc(NCCNC(=O)C2CC2)n1. The molecule has 1 aromatic heterocycles. The number of anilines is 1. The summed E-state index contributed by atoms with van der Waals surface area (Å²) in [6, 6.07) is 1.93. The molecule has 0 spiro atoms. The Morgan fingerprint density at radius 3 is 2.53 bits per heavy atom. The first-order valence-electron chi connectivity index (χ1n) is 5.99. The zero-order valence-electron chi connectivity index (χ0n) is 10.3. The fourth-order valence-corrected chi connectivity index (χ4v) is 1.65. The number of hydrogen-bond donors (Lipinski definition) is 2. The third-order valence-electron chi connectivity index (χ3n) is 2.64. The number of aromatic nitrogens is 2. The lowest BCUT2D eigenvalue weighted by Gasteiger charge is -2.07. The average Bonchev–Trinajstić information content (AvgIpc) is 3.06. The molecule has 0 atom stereocenters. The van der Waals surface area contributed by atoms with Gasteiger partial charge < -0.3 is 10.6 Å². The zero-order valence-corrected chi connectivity index (χ0v) is 10.3. The normalized spacial score (nSPS) is 14.5. The lowest BCUT2D eigenvalue weighted by Crippen LogP contribution is -2.30. The second-order valence-electron chi connectivity index (χ2n) is 4.47. The van der Waals surface area contributed by atoms with E-state index in [9.17, 15) is 4.79 Å². The first-order chi connectivity index (χ1) is 8.15. The van der Waals surface area contributed by atoms with E-state index in [1.807, 2.05) is 19.9 Å². The van der Waals surface area contributed by atoms with Gasteiger partial charge in [-0.2, -0.15) is 0 Å². The largest absolute Gasteiger partial charge is 0.354 e. The van der Waals surface area contributed by atoms with Gasteiger partial charge in [0, 0.05) is 30.4 Å². The molecule has 0 aliphatic heterocycles. The first-order valence-corrected chi connectivity index (χ1v) is 5.99. The molecule has 1 aliphatic rings. The van der Waals surface area contributed by atoms with Gasteiger partial charge in [0.1, 0.15) is 0 Å². The molecule has 0 radical (unpaired) electrons. The highest BCUT2D eigenvalue weighted by atomic mass is 16.2. The van der Waals surface area contributed by atoms with E-state index in [0.717, 1.165) is 24.2 Å². The molecule has 0 bridgehead atoms. The first kappa shape index (κ1) is 11.8. The van der Waals surface area contributed by atoms with Crippen LogP contribution in [-0.4, -0.2) is 29.0 Å². The van der Waals surface area contributed by atoms with Crippen molar-refractivity contribution in [1.82, 2.24) is 15.3 Å². The van der Waals surface area contributed by atoms with E-state index in [1.54, 1.807) is 0 Å². The smallest absolute Gasteiger partial charge is 0.223 e. The molecule has 17 heavy (non-hydrogen) atoms. The highest BCUT2D eigenvalue weighted by molar-refractivity contribution is 5.80. The van der Waals surface area contributed by atoms with Crippen LogP contribution in [0.5, 0.6) is 0 Å². The van der Waals surface area contributed by atoms with E-state index in [4.69, 9.17) is 0 Å². The average molecular weight is 234 g/mol. The van der Waals surface area contributed by atoms with E-state index in [1.165, 1.54) is 0 Å². The van der Waals surface area contributed by atoms with Gasteiger partial charge in [0.2, 0.25) is 11.9 Å². The van der Waals surface area contributed by atoms with Crippen molar-refractivity contribution in [1.29, 1.82) is 0 Å². The predicted octanol–water partition coefficient (Wildman–Crippen LogP) is 1.03. The summed E-state index contributed by atoms with van der Waals surface area (Å²) in [4.78, 5) is 19.9. The second-order valence-corrected chi connectivity index (χ2v) is 4.47. The van der Waals surface area contributed by atoms with Crippen molar-refractivity contribution in [3.05, 3.63) is 17.5 Å². The summed E-state index contributed by atoms with van der Waals surface area (Å²) in [5, 5.41) is 5.99. The number of rotatable bonds is 5. The fraction of sp³-hybridized carbons (Fsp3) is 0.583. The summed E-state index contributed by atoms with van der Waals surface area (Å²) in [7, 11) is 0. The van der Waals surface area contributed by atoms with Crippen LogP contribution in [0.4, 0.5) is 5.95 Å². The Hall–Kier alpha value is -1.65. The summed E-state index contributed by atoms with van der Waals surface area (Å²) in [6.45, 7) is 5.15. The van der Waals surface area contributed by atoms with Crippen molar-refractivity contribution in [3.8, 4) is 0 Å². The molecule has 1 amide bonds. The summed E-state index contributed by atoms with van der Waals surface area (Å²) < 4.78 is 0. The van der Waals surface area contributed by atoms with Gasteiger partial charge in [-0.1, -0.05) is 0 Å². The molecular weight excluding hydrogens is 216 g/mol. The van der Waals surface area contributed by atoms with Crippen LogP contribution in [0, 0.1) is 19.8 Å². The van der Waals surface area contributed by atoms with Crippen molar-refractivity contribution >= 4 is 11.9 Å². The quantitative estimate of drug-likeness (QED) is 0.747. The minimum atomic E-state index is 0.174. The van der Waals surface area contributed by atoms with Crippen LogP contribution in [0.25, 0.3) is 0 Å². The summed E-state index contributed by atoms with van der Waals surface area (Å²) in [5.74, 6) is 1.07. The highest BCUT2D eigenvalue weighted by Crippen LogP contribution is 2.28. The number of aryl methyl sites for hydroxylation is 2. The maximum atomic E-state index is 11.4. The molecule has 2 rings (SSSR count). The summed E-state index contributed by atoms with van der Waals surface area (Å²) in [5.41, 5.74) is 1.89.